The average molecular weight is 459 g/mol. The number of fused-ring (bicyclic) bond motifs is 1. The smallest absolute Gasteiger partial charge is 0.249 e. The van der Waals surface area contributed by atoms with E-state index in [1.807, 2.05) is 107 Å². The van der Waals surface area contributed by atoms with Crippen LogP contribution >= 0.6 is 0 Å². The number of imidazole rings is 1. The van der Waals surface area contributed by atoms with Gasteiger partial charge in [0, 0.05) is 16.5 Å². The van der Waals surface area contributed by atoms with Gasteiger partial charge >= 0.3 is 0 Å². The molecule has 5 rings (SSSR count). The molecule has 0 radical (unpaired) electrons. The van der Waals surface area contributed by atoms with Gasteiger partial charge in [0.25, 0.3) is 0 Å². The summed E-state index contributed by atoms with van der Waals surface area (Å²) in [5.41, 5.74) is 3.67. The number of furan rings is 1. The Kier molecular flexibility index (Phi) is 5.63. The Bertz CT molecular complexity index is 1250. The van der Waals surface area contributed by atoms with E-state index in [1.54, 1.807) is 0 Å². The zero-order chi connectivity index (χ0) is 19.6. The Labute approximate surface area is 184 Å². The van der Waals surface area contributed by atoms with E-state index in [0.29, 0.717) is 6.54 Å². The highest BCUT2D eigenvalue weighted by Gasteiger charge is 2.13. The number of Topliss-reactive ketones (excluding diaryl/α,β-unsaturated/α-hetero) is 1. The zero-order valence-corrected chi connectivity index (χ0v) is 17.7. The van der Waals surface area contributed by atoms with Crippen molar-refractivity contribution in [1.29, 1.82) is 0 Å². The summed E-state index contributed by atoms with van der Waals surface area (Å²) in [6, 6.07) is 27.6. The lowest BCUT2D eigenvalue weighted by Gasteiger charge is -1.99. The third-order valence-electron chi connectivity index (χ3n) is 4.99. The second-order valence-electron chi connectivity index (χ2n) is 6.98. The SMILES string of the molecule is O=C(C[n+]1ccn(-c2ccc(-c3cc4ccccc4o3)cc2)c1)c1ccccc1.[Br-]. The standard InChI is InChI=1S/C25H19N2O2.BrH/c28-23(19-6-2-1-3-7-19)17-26-14-15-27(18-26)22-12-10-20(11-13-22)25-16-21-8-4-5-9-24(21)29-25;/h1-16,18H,17H2;1H/q+1;/p-1. The van der Waals surface area contributed by atoms with E-state index >= 15 is 0 Å². The fourth-order valence-corrected chi connectivity index (χ4v) is 3.44. The molecular weight excluding hydrogens is 440 g/mol. The van der Waals surface area contributed by atoms with Gasteiger partial charge in [-0.2, -0.15) is 0 Å². The van der Waals surface area contributed by atoms with Crippen molar-refractivity contribution >= 4 is 16.8 Å². The number of carbonyl (C=O) groups excluding carboxylic acids is 1. The van der Waals surface area contributed by atoms with Crippen molar-refractivity contribution < 1.29 is 30.8 Å². The molecule has 0 atom stereocenters. The Hall–Kier alpha value is -3.44. The summed E-state index contributed by atoms with van der Waals surface area (Å²) >= 11 is 0. The number of carbonyl (C=O) groups is 1. The van der Waals surface area contributed by atoms with Crippen molar-refractivity contribution in [2.45, 2.75) is 6.54 Å². The van der Waals surface area contributed by atoms with Crippen molar-refractivity contribution in [3.05, 3.63) is 109 Å². The third kappa shape index (κ3) is 3.98. The first kappa shape index (κ1) is 19.9. The lowest BCUT2D eigenvalue weighted by Crippen LogP contribution is -3.00. The lowest BCUT2D eigenvalue weighted by atomic mass is 10.1. The van der Waals surface area contributed by atoms with Gasteiger partial charge in [0.05, 0.1) is 0 Å². The number of hydrogen-bond acceptors (Lipinski definition) is 2. The number of benzene rings is 3. The molecule has 0 bridgehead atoms. The van der Waals surface area contributed by atoms with Crippen LogP contribution in [0.4, 0.5) is 0 Å². The molecule has 2 heterocycles. The molecule has 0 aliphatic rings. The van der Waals surface area contributed by atoms with Crippen LogP contribution in [0.2, 0.25) is 0 Å². The minimum Gasteiger partial charge on any atom is -1.00 e. The average Bonchev–Trinajstić information content (AvgIpc) is 3.41. The minimum atomic E-state index is 0. The summed E-state index contributed by atoms with van der Waals surface area (Å²) in [6.07, 6.45) is 5.79. The van der Waals surface area contributed by atoms with Crippen LogP contribution in [0.3, 0.4) is 0 Å². The van der Waals surface area contributed by atoms with Crippen LogP contribution in [0.1, 0.15) is 10.4 Å². The van der Waals surface area contributed by atoms with Crippen molar-refractivity contribution in [1.82, 2.24) is 4.57 Å². The normalized spacial score (nSPS) is 10.7. The Balaban J connectivity index is 0.00000218. The highest BCUT2D eigenvalue weighted by molar-refractivity contribution is 5.94. The van der Waals surface area contributed by atoms with Crippen LogP contribution in [0.25, 0.3) is 28.0 Å². The van der Waals surface area contributed by atoms with E-state index in [0.717, 1.165) is 33.5 Å². The maximum Gasteiger partial charge on any atom is 0.249 e. The predicted octanol–water partition coefficient (Wildman–Crippen LogP) is 2.06. The van der Waals surface area contributed by atoms with Crippen molar-refractivity contribution in [3.63, 3.8) is 0 Å². The van der Waals surface area contributed by atoms with E-state index in [2.05, 4.69) is 6.07 Å². The Morgan fingerprint density at radius 2 is 1.63 bits per heavy atom. The molecule has 0 unspecified atom stereocenters. The highest BCUT2D eigenvalue weighted by atomic mass is 79.9. The number of aromatic nitrogens is 2. The molecule has 0 aliphatic carbocycles. The number of nitrogens with zero attached hydrogens (tertiary/aromatic N) is 2. The van der Waals surface area contributed by atoms with Gasteiger partial charge in [0.2, 0.25) is 12.1 Å². The summed E-state index contributed by atoms with van der Waals surface area (Å²) in [5.74, 6) is 0.947. The minimum absolute atomic E-state index is 0. The fourth-order valence-electron chi connectivity index (χ4n) is 3.44. The predicted molar refractivity (Wildman–Crippen MR) is 112 cm³/mol. The zero-order valence-electron chi connectivity index (χ0n) is 16.1. The van der Waals surface area contributed by atoms with Crippen LogP contribution in [0.5, 0.6) is 0 Å². The molecule has 5 heteroatoms. The maximum atomic E-state index is 12.4. The van der Waals surface area contributed by atoms with Crippen molar-refractivity contribution in [2.24, 2.45) is 0 Å². The second-order valence-corrected chi connectivity index (χ2v) is 6.98. The van der Waals surface area contributed by atoms with E-state index < -0.39 is 0 Å². The summed E-state index contributed by atoms with van der Waals surface area (Å²) in [5, 5.41) is 1.10. The monoisotopic (exact) mass is 458 g/mol. The van der Waals surface area contributed by atoms with Crippen LogP contribution in [-0.2, 0) is 6.54 Å². The van der Waals surface area contributed by atoms with Crippen LogP contribution in [-0.4, -0.2) is 10.4 Å². The van der Waals surface area contributed by atoms with Crippen LogP contribution in [0, 0.1) is 0 Å². The molecule has 0 aliphatic heterocycles. The molecule has 5 aromatic rings. The number of hydrogen-bond donors (Lipinski definition) is 0. The Morgan fingerprint density at radius 3 is 2.40 bits per heavy atom. The van der Waals surface area contributed by atoms with Crippen LogP contribution < -0.4 is 21.5 Å². The fraction of sp³-hybridized carbons (Fsp3) is 0.0400. The summed E-state index contributed by atoms with van der Waals surface area (Å²) in [6.45, 7) is 0.314. The van der Waals surface area contributed by atoms with E-state index in [4.69, 9.17) is 4.42 Å². The van der Waals surface area contributed by atoms with Gasteiger partial charge in [-0.1, -0.05) is 48.5 Å². The molecule has 148 valence electrons. The Morgan fingerprint density at radius 1 is 0.900 bits per heavy atom. The molecule has 0 saturated carbocycles. The number of ketones is 1. The van der Waals surface area contributed by atoms with Gasteiger partial charge in [-0.3, -0.25) is 4.79 Å². The molecule has 3 aromatic carbocycles. The largest absolute Gasteiger partial charge is 1.00 e. The lowest BCUT2D eigenvalue weighted by molar-refractivity contribution is -0.682. The number of rotatable bonds is 5. The van der Waals surface area contributed by atoms with Crippen molar-refractivity contribution in [3.8, 4) is 17.0 Å². The summed E-state index contributed by atoms with van der Waals surface area (Å²) < 4.78 is 9.83. The molecular formula is C25H19BrN2O2. The summed E-state index contributed by atoms with van der Waals surface area (Å²) in [4.78, 5) is 12.4. The first-order valence-corrected chi connectivity index (χ1v) is 9.51. The van der Waals surface area contributed by atoms with E-state index in [-0.39, 0.29) is 22.8 Å². The van der Waals surface area contributed by atoms with Crippen molar-refractivity contribution in [2.75, 3.05) is 0 Å². The molecule has 0 amide bonds. The quantitative estimate of drug-likeness (QED) is 0.298. The third-order valence-corrected chi connectivity index (χ3v) is 4.99. The molecule has 4 nitrogen and oxygen atoms in total. The molecule has 0 fully saturated rings. The highest BCUT2D eigenvalue weighted by Crippen LogP contribution is 2.28. The molecule has 0 saturated heterocycles. The topological polar surface area (TPSA) is 39.0 Å². The molecule has 30 heavy (non-hydrogen) atoms. The van der Waals surface area contributed by atoms with Gasteiger partial charge in [-0.15, -0.1) is 0 Å². The molecule has 2 aromatic heterocycles. The van der Waals surface area contributed by atoms with Crippen LogP contribution in [0.15, 0.2) is 108 Å². The number of halogens is 1. The van der Waals surface area contributed by atoms with Gasteiger partial charge < -0.3 is 21.4 Å². The summed E-state index contributed by atoms with van der Waals surface area (Å²) in [7, 11) is 0. The maximum absolute atomic E-state index is 12.4. The van der Waals surface area contributed by atoms with Gasteiger partial charge in [0.15, 0.2) is 6.54 Å². The van der Waals surface area contributed by atoms with Gasteiger partial charge in [-0.05, 0) is 36.4 Å². The first-order valence-electron chi connectivity index (χ1n) is 9.51. The van der Waals surface area contributed by atoms with Gasteiger partial charge in [0.1, 0.15) is 29.4 Å². The molecule has 0 spiro atoms. The second kappa shape index (κ2) is 8.51. The first-order chi connectivity index (χ1) is 14.3. The van der Waals surface area contributed by atoms with E-state index in [1.165, 1.54) is 0 Å². The van der Waals surface area contributed by atoms with E-state index in [9.17, 15) is 4.79 Å². The van der Waals surface area contributed by atoms with Gasteiger partial charge in [-0.25, -0.2) is 9.13 Å². The molecule has 0 N–H and O–H groups in total. The number of para-hydroxylation sites is 1.